The van der Waals surface area contributed by atoms with E-state index < -0.39 is 0 Å². The maximum Gasteiger partial charge on any atom is 0.220 e. The van der Waals surface area contributed by atoms with Gasteiger partial charge in [-0.15, -0.1) is 0 Å². The standard InChI is InChI=1S/C12H25NO3/c1-6-12(14)13-11(7-15-9(2)3)8-16-10(4)5/h9-11H,6-8H2,1-5H3,(H,13,14). The predicted molar refractivity (Wildman–Crippen MR) is 64.4 cm³/mol. The topological polar surface area (TPSA) is 47.6 Å². The zero-order chi connectivity index (χ0) is 12.6. The normalized spacial score (nSPS) is 11.5. The summed E-state index contributed by atoms with van der Waals surface area (Å²) in [7, 11) is 0. The summed E-state index contributed by atoms with van der Waals surface area (Å²) >= 11 is 0. The molecule has 1 N–H and O–H groups in total. The summed E-state index contributed by atoms with van der Waals surface area (Å²) in [6.45, 7) is 10.7. The van der Waals surface area contributed by atoms with Gasteiger partial charge in [-0.1, -0.05) is 6.92 Å². The Labute approximate surface area is 98.7 Å². The Kier molecular flexibility index (Phi) is 8.21. The molecule has 0 saturated heterocycles. The molecule has 96 valence electrons. The Morgan fingerprint density at radius 1 is 1.06 bits per heavy atom. The monoisotopic (exact) mass is 231 g/mol. The maximum atomic E-state index is 11.3. The zero-order valence-corrected chi connectivity index (χ0v) is 11.1. The van der Waals surface area contributed by atoms with E-state index in [1.165, 1.54) is 0 Å². The first-order valence-corrected chi connectivity index (χ1v) is 5.98. The summed E-state index contributed by atoms with van der Waals surface area (Å²) in [6.07, 6.45) is 0.819. The molecule has 0 heterocycles. The molecule has 0 saturated carbocycles. The second-order valence-electron chi connectivity index (χ2n) is 4.38. The van der Waals surface area contributed by atoms with Crippen LogP contribution in [-0.2, 0) is 14.3 Å². The molecule has 0 aromatic heterocycles. The van der Waals surface area contributed by atoms with Crippen molar-refractivity contribution >= 4 is 5.91 Å². The molecule has 0 spiro atoms. The predicted octanol–water partition coefficient (Wildman–Crippen LogP) is 1.73. The SMILES string of the molecule is CCC(=O)NC(COC(C)C)COC(C)C. The highest BCUT2D eigenvalue weighted by Crippen LogP contribution is 1.97. The summed E-state index contributed by atoms with van der Waals surface area (Å²) < 4.78 is 11.0. The number of carbonyl (C=O) groups is 1. The van der Waals surface area contributed by atoms with Crippen LogP contribution in [0.25, 0.3) is 0 Å². The van der Waals surface area contributed by atoms with Crippen molar-refractivity contribution < 1.29 is 14.3 Å². The number of ether oxygens (including phenoxy) is 2. The van der Waals surface area contributed by atoms with E-state index in [4.69, 9.17) is 9.47 Å². The number of carbonyl (C=O) groups excluding carboxylic acids is 1. The van der Waals surface area contributed by atoms with E-state index in [-0.39, 0.29) is 24.2 Å². The fraction of sp³-hybridized carbons (Fsp3) is 0.917. The van der Waals surface area contributed by atoms with Gasteiger partial charge in [-0.3, -0.25) is 4.79 Å². The highest BCUT2D eigenvalue weighted by Gasteiger charge is 2.13. The van der Waals surface area contributed by atoms with E-state index in [2.05, 4.69) is 5.32 Å². The van der Waals surface area contributed by atoms with Gasteiger partial charge in [0.25, 0.3) is 0 Å². The lowest BCUT2D eigenvalue weighted by atomic mass is 10.3. The summed E-state index contributed by atoms with van der Waals surface area (Å²) in [5.41, 5.74) is 0. The average molecular weight is 231 g/mol. The van der Waals surface area contributed by atoms with Gasteiger partial charge in [0.05, 0.1) is 31.5 Å². The lowest BCUT2D eigenvalue weighted by molar-refractivity contribution is -0.123. The smallest absolute Gasteiger partial charge is 0.220 e. The van der Waals surface area contributed by atoms with Crippen LogP contribution in [0.2, 0.25) is 0 Å². The fourth-order valence-electron chi connectivity index (χ4n) is 1.08. The van der Waals surface area contributed by atoms with Gasteiger partial charge in [0, 0.05) is 6.42 Å². The highest BCUT2D eigenvalue weighted by atomic mass is 16.5. The van der Waals surface area contributed by atoms with Crippen LogP contribution in [0.15, 0.2) is 0 Å². The third kappa shape index (κ3) is 8.68. The van der Waals surface area contributed by atoms with Crippen LogP contribution in [0.3, 0.4) is 0 Å². The maximum absolute atomic E-state index is 11.3. The van der Waals surface area contributed by atoms with Gasteiger partial charge in [0.2, 0.25) is 5.91 Å². The van der Waals surface area contributed by atoms with Crippen molar-refractivity contribution in [1.29, 1.82) is 0 Å². The molecular formula is C12H25NO3. The Bertz CT molecular complexity index is 181. The second-order valence-corrected chi connectivity index (χ2v) is 4.38. The molecule has 16 heavy (non-hydrogen) atoms. The van der Waals surface area contributed by atoms with E-state index in [1.807, 2.05) is 34.6 Å². The van der Waals surface area contributed by atoms with Crippen molar-refractivity contribution in [2.75, 3.05) is 13.2 Å². The summed E-state index contributed by atoms with van der Waals surface area (Å²) in [6, 6.07) is -0.0581. The molecule has 0 rings (SSSR count). The third-order valence-electron chi connectivity index (χ3n) is 1.95. The molecule has 0 bridgehead atoms. The van der Waals surface area contributed by atoms with Crippen molar-refractivity contribution in [1.82, 2.24) is 5.32 Å². The number of hydrogen-bond donors (Lipinski definition) is 1. The fourth-order valence-corrected chi connectivity index (χ4v) is 1.08. The molecule has 4 heteroatoms. The van der Waals surface area contributed by atoms with E-state index in [0.29, 0.717) is 19.6 Å². The molecule has 0 aromatic rings. The molecule has 0 atom stereocenters. The molecule has 4 nitrogen and oxygen atoms in total. The van der Waals surface area contributed by atoms with E-state index in [1.54, 1.807) is 0 Å². The van der Waals surface area contributed by atoms with Gasteiger partial charge in [0.15, 0.2) is 0 Å². The van der Waals surface area contributed by atoms with E-state index in [9.17, 15) is 4.79 Å². The lowest BCUT2D eigenvalue weighted by Crippen LogP contribution is -2.42. The Morgan fingerprint density at radius 2 is 1.50 bits per heavy atom. The molecule has 0 aliphatic rings. The number of hydrogen-bond acceptors (Lipinski definition) is 3. The summed E-state index contributed by atoms with van der Waals surface area (Å²) in [5.74, 6) is 0.0321. The first kappa shape index (κ1) is 15.4. The molecule has 0 aliphatic heterocycles. The van der Waals surface area contributed by atoms with Crippen molar-refractivity contribution in [3.8, 4) is 0 Å². The number of nitrogens with one attached hydrogen (secondary N) is 1. The van der Waals surface area contributed by atoms with Crippen molar-refractivity contribution in [2.24, 2.45) is 0 Å². The zero-order valence-electron chi connectivity index (χ0n) is 11.1. The molecule has 0 radical (unpaired) electrons. The Morgan fingerprint density at radius 3 is 1.81 bits per heavy atom. The van der Waals surface area contributed by atoms with Crippen molar-refractivity contribution in [3.63, 3.8) is 0 Å². The van der Waals surface area contributed by atoms with Crippen LogP contribution in [0.4, 0.5) is 0 Å². The number of amides is 1. The van der Waals surface area contributed by atoms with Crippen LogP contribution in [0.1, 0.15) is 41.0 Å². The van der Waals surface area contributed by atoms with Crippen LogP contribution >= 0.6 is 0 Å². The molecular weight excluding hydrogens is 206 g/mol. The van der Waals surface area contributed by atoms with Crippen LogP contribution in [-0.4, -0.2) is 37.4 Å². The van der Waals surface area contributed by atoms with Crippen LogP contribution in [0.5, 0.6) is 0 Å². The third-order valence-corrected chi connectivity index (χ3v) is 1.95. The molecule has 0 aliphatic carbocycles. The quantitative estimate of drug-likeness (QED) is 0.692. The minimum atomic E-state index is -0.0581. The number of rotatable bonds is 8. The Balaban J connectivity index is 3.99. The molecule has 1 amide bonds. The van der Waals surface area contributed by atoms with Crippen molar-refractivity contribution in [3.05, 3.63) is 0 Å². The Hall–Kier alpha value is -0.610. The second kappa shape index (κ2) is 8.53. The van der Waals surface area contributed by atoms with Crippen LogP contribution in [0, 0.1) is 0 Å². The van der Waals surface area contributed by atoms with Crippen LogP contribution < -0.4 is 5.32 Å². The van der Waals surface area contributed by atoms with E-state index >= 15 is 0 Å². The minimum Gasteiger partial charge on any atom is -0.377 e. The van der Waals surface area contributed by atoms with Gasteiger partial charge >= 0.3 is 0 Å². The first-order chi connectivity index (χ1) is 7.45. The van der Waals surface area contributed by atoms with Gasteiger partial charge in [-0.25, -0.2) is 0 Å². The lowest BCUT2D eigenvalue weighted by Gasteiger charge is -2.21. The van der Waals surface area contributed by atoms with Gasteiger partial charge in [-0.05, 0) is 27.7 Å². The van der Waals surface area contributed by atoms with Crippen molar-refractivity contribution in [2.45, 2.75) is 59.3 Å². The summed E-state index contributed by atoms with van der Waals surface area (Å²) in [4.78, 5) is 11.3. The largest absolute Gasteiger partial charge is 0.377 e. The highest BCUT2D eigenvalue weighted by molar-refractivity contribution is 5.75. The first-order valence-electron chi connectivity index (χ1n) is 5.98. The van der Waals surface area contributed by atoms with Gasteiger partial charge in [0.1, 0.15) is 0 Å². The molecule has 0 unspecified atom stereocenters. The van der Waals surface area contributed by atoms with Gasteiger partial charge < -0.3 is 14.8 Å². The average Bonchev–Trinajstić information content (AvgIpc) is 2.21. The molecule has 0 fully saturated rings. The minimum absolute atomic E-state index is 0.0321. The van der Waals surface area contributed by atoms with E-state index in [0.717, 1.165) is 0 Å². The summed E-state index contributed by atoms with van der Waals surface area (Å²) in [5, 5.41) is 2.89. The van der Waals surface area contributed by atoms with Gasteiger partial charge in [-0.2, -0.15) is 0 Å². The molecule has 0 aromatic carbocycles.